The van der Waals surface area contributed by atoms with Gasteiger partial charge in [-0.05, 0) is 56.7 Å². The predicted molar refractivity (Wildman–Crippen MR) is 125 cm³/mol. The van der Waals surface area contributed by atoms with E-state index in [1.807, 2.05) is 56.3 Å². The highest BCUT2D eigenvalue weighted by Crippen LogP contribution is 2.22. The zero-order chi connectivity index (χ0) is 22.1. The first-order valence-corrected chi connectivity index (χ1v) is 10.8. The second-order valence-corrected chi connectivity index (χ2v) is 8.23. The maximum atomic E-state index is 13.4. The van der Waals surface area contributed by atoms with Crippen LogP contribution in [0.4, 0.5) is 5.69 Å². The van der Waals surface area contributed by atoms with Crippen LogP contribution in [0.3, 0.4) is 0 Å². The SMILES string of the molecule is CC[C@H](C(=O)Nc1ccc(Br)cc1)n1nc(C)c2nn(-c3ccccc3)c(C)c2c1=O. The lowest BCUT2D eigenvalue weighted by Gasteiger charge is -2.17. The van der Waals surface area contributed by atoms with E-state index in [-0.39, 0.29) is 11.5 Å². The third-order valence-electron chi connectivity index (χ3n) is 5.24. The molecule has 1 amide bonds. The summed E-state index contributed by atoms with van der Waals surface area (Å²) in [4.78, 5) is 26.4. The Bertz CT molecular complexity index is 1310. The molecule has 0 bridgehead atoms. The van der Waals surface area contributed by atoms with Crippen molar-refractivity contribution in [2.24, 2.45) is 0 Å². The van der Waals surface area contributed by atoms with Gasteiger partial charge in [-0.2, -0.15) is 10.2 Å². The molecule has 7 nitrogen and oxygen atoms in total. The zero-order valence-electron chi connectivity index (χ0n) is 17.5. The van der Waals surface area contributed by atoms with Crippen LogP contribution in [0, 0.1) is 13.8 Å². The van der Waals surface area contributed by atoms with Gasteiger partial charge in [0.05, 0.1) is 22.5 Å². The molecular formula is C23H22BrN5O2. The van der Waals surface area contributed by atoms with Crippen LogP contribution in [0.1, 0.15) is 30.8 Å². The minimum Gasteiger partial charge on any atom is -0.324 e. The van der Waals surface area contributed by atoms with E-state index in [0.717, 1.165) is 10.2 Å². The molecule has 0 fully saturated rings. The average molecular weight is 480 g/mol. The lowest BCUT2D eigenvalue weighted by atomic mass is 10.2. The van der Waals surface area contributed by atoms with Crippen molar-refractivity contribution in [1.29, 1.82) is 0 Å². The van der Waals surface area contributed by atoms with Gasteiger partial charge < -0.3 is 5.32 Å². The second-order valence-electron chi connectivity index (χ2n) is 7.31. The monoisotopic (exact) mass is 479 g/mol. The molecule has 158 valence electrons. The van der Waals surface area contributed by atoms with Crippen LogP contribution in [0.25, 0.3) is 16.6 Å². The highest BCUT2D eigenvalue weighted by atomic mass is 79.9. The first-order chi connectivity index (χ1) is 14.9. The van der Waals surface area contributed by atoms with Crippen molar-refractivity contribution < 1.29 is 4.79 Å². The first-order valence-electron chi connectivity index (χ1n) is 10.0. The molecule has 31 heavy (non-hydrogen) atoms. The van der Waals surface area contributed by atoms with Crippen LogP contribution >= 0.6 is 15.9 Å². The fourth-order valence-corrected chi connectivity index (χ4v) is 3.90. The van der Waals surface area contributed by atoms with Gasteiger partial charge in [-0.3, -0.25) is 9.59 Å². The van der Waals surface area contributed by atoms with Crippen LogP contribution in [0.2, 0.25) is 0 Å². The zero-order valence-corrected chi connectivity index (χ0v) is 19.0. The van der Waals surface area contributed by atoms with Crippen molar-refractivity contribution in [2.45, 2.75) is 33.2 Å². The van der Waals surface area contributed by atoms with Crippen molar-refractivity contribution in [2.75, 3.05) is 5.32 Å². The van der Waals surface area contributed by atoms with Gasteiger partial charge in [0, 0.05) is 10.2 Å². The first kappa shape index (κ1) is 21.0. The topological polar surface area (TPSA) is 81.8 Å². The van der Waals surface area contributed by atoms with Gasteiger partial charge in [-0.25, -0.2) is 9.36 Å². The number of nitrogens with zero attached hydrogens (tertiary/aromatic N) is 4. The van der Waals surface area contributed by atoms with Crippen molar-refractivity contribution in [1.82, 2.24) is 19.6 Å². The van der Waals surface area contributed by atoms with Gasteiger partial charge in [0.15, 0.2) is 0 Å². The number of carbonyl (C=O) groups is 1. The van der Waals surface area contributed by atoms with E-state index in [2.05, 4.69) is 31.4 Å². The van der Waals surface area contributed by atoms with Gasteiger partial charge >= 0.3 is 0 Å². The minimum atomic E-state index is -0.737. The van der Waals surface area contributed by atoms with E-state index < -0.39 is 6.04 Å². The summed E-state index contributed by atoms with van der Waals surface area (Å²) in [7, 11) is 0. The maximum absolute atomic E-state index is 13.4. The Kier molecular flexibility index (Phi) is 5.73. The Balaban J connectivity index is 1.78. The Labute approximate surface area is 187 Å². The average Bonchev–Trinajstić information content (AvgIpc) is 3.12. The van der Waals surface area contributed by atoms with Crippen LogP contribution in [0.5, 0.6) is 0 Å². The molecule has 2 heterocycles. The molecule has 4 rings (SSSR count). The summed E-state index contributed by atoms with van der Waals surface area (Å²) in [5, 5.41) is 12.4. The van der Waals surface area contributed by atoms with E-state index in [1.165, 1.54) is 4.68 Å². The van der Waals surface area contributed by atoms with Crippen LogP contribution in [-0.2, 0) is 4.79 Å². The number of fused-ring (bicyclic) bond motifs is 1. The molecule has 0 spiro atoms. The van der Waals surface area contributed by atoms with E-state index in [0.29, 0.717) is 34.4 Å². The van der Waals surface area contributed by atoms with E-state index in [9.17, 15) is 9.59 Å². The molecule has 0 radical (unpaired) electrons. The van der Waals surface area contributed by atoms with Crippen molar-refractivity contribution >= 4 is 38.4 Å². The summed E-state index contributed by atoms with van der Waals surface area (Å²) < 4.78 is 3.95. The Morgan fingerprint density at radius 3 is 2.39 bits per heavy atom. The summed E-state index contributed by atoms with van der Waals surface area (Å²) in [5.74, 6) is -0.286. The number of halogens is 1. The number of rotatable bonds is 5. The largest absolute Gasteiger partial charge is 0.324 e. The standard InChI is InChI=1S/C23H22BrN5O2/c1-4-19(22(30)25-17-12-10-16(24)11-13-17)29-23(31)20-15(3)28(18-8-6-5-7-9-18)27-21(20)14(2)26-29/h5-13,19H,4H2,1-3H3,(H,25,30)/t19-/m1/s1. The van der Waals surface area contributed by atoms with E-state index in [4.69, 9.17) is 0 Å². The lowest BCUT2D eigenvalue weighted by Crippen LogP contribution is -2.35. The molecule has 0 aliphatic heterocycles. The number of nitrogens with one attached hydrogen (secondary N) is 1. The number of aryl methyl sites for hydroxylation is 2. The molecule has 2 aromatic heterocycles. The number of hydrogen-bond acceptors (Lipinski definition) is 4. The highest BCUT2D eigenvalue weighted by molar-refractivity contribution is 9.10. The molecule has 2 aromatic carbocycles. The Hall–Kier alpha value is -3.26. The number of benzene rings is 2. The fraction of sp³-hybridized carbons (Fsp3) is 0.217. The van der Waals surface area contributed by atoms with Crippen LogP contribution < -0.4 is 10.9 Å². The molecule has 8 heteroatoms. The smallest absolute Gasteiger partial charge is 0.278 e. The number of amides is 1. The quantitative estimate of drug-likeness (QED) is 0.455. The highest BCUT2D eigenvalue weighted by Gasteiger charge is 2.25. The fourth-order valence-electron chi connectivity index (χ4n) is 3.64. The summed E-state index contributed by atoms with van der Waals surface area (Å²) in [6, 6.07) is 16.2. The number of anilines is 1. The number of aromatic nitrogens is 4. The Morgan fingerprint density at radius 2 is 1.74 bits per heavy atom. The van der Waals surface area contributed by atoms with E-state index >= 15 is 0 Å². The van der Waals surface area contributed by atoms with E-state index in [1.54, 1.807) is 23.7 Å². The van der Waals surface area contributed by atoms with Crippen molar-refractivity contribution in [3.05, 3.63) is 80.8 Å². The summed E-state index contributed by atoms with van der Waals surface area (Å²) in [6.07, 6.45) is 0.423. The molecule has 0 saturated heterocycles. The van der Waals surface area contributed by atoms with Gasteiger partial charge in [-0.1, -0.05) is 41.1 Å². The Morgan fingerprint density at radius 1 is 1.06 bits per heavy atom. The van der Waals surface area contributed by atoms with Crippen molar-refractivity contribution in [3.63, 3.8) is 0 Å². The molecule has 0 saturated carbocycles. The number of carbonyl (C=O) groups excluding carboxylic acids is 1. The number of para-hydroxylation sites is 1. The van der Waals surface area contributed by atoms with Crippen LogP contribution in [-0.4, -0.2) is 25.5 Å². The molecule has 1 atom stereocenters. The van der Waals surface area contributed by atoms with Gasteiger partial charge in [0.1, 0.15) is 11.6 Å². The lowest BCUT2D eigenvalue weighted by molar-refractivity contribution is -0.119. The summed E-state index contributed by atoms with van der Waals surface area (Å²) in [5.41, 5.74) is 3.06. The number of hydrogen-bond donors (Lipinski definition) is 1. The van der Waals surface area contributed by atoms with Gasteiger partial charge in [0.2, 0.25) is 5.91 Å². The summed E-state index contributed by atoms with van der Waals surface area (Å²) in [6.45, 7) is 5.52. The van der Waals surface area contributed by atoms with Gasteiger partial charge in [-0.15, -0.1) is 0 Å². The third-order valence-corrected chi connectivity index (χ3v) is 5.76. The summed E-state index contributed by atoms with van der Waals surface area (Å²) >= 11 is 3.38. The molecule has 4 aromatic rings. The predicted octanol–water partition coefficient (Wildman–Crippen LogP) is 4.55. The second kappa shape index (κ2) is 8.47. The molecule has 0 aliphatic rings. The maximum Gasteiger partial charge on any atom is 0.278 e. The molecule has 1 N–H and O–H groups in total. The molecule has 0 unspecified atom stereocenters. The third kappa shape index (κ3) is 3.90. The van der Waals surface area contributed by atoms with Gasteiger partial charge in [0.25, 0.3) is 5.56 Å². The molecule has 0 aliphatic carbocycles. The molecular weight excluding hydrogens is 458 g/mol. The normalized spacial score (nSPS) is 12.1. The van der Waals surface area contributed by atoms with Crippen molar-refractivity contribution in [3.8, 4) is 5.69 Å². The minimum absolute atomic E-state index is 0.286. The van der Waals surface area contributed by atoms with Crippen LogP contribution in [0.15, 0.2) is 63.9 Å².